The van der Waals surface area contributed by atoms with E-state index in [1.807, 2.05) is 6.92 Å². The molecule has 0 amide bonds. The first kappa shape index (κ1) is 29.4. The lowest BCUT2D eigenvalue weighted by molar-refractivity contribution is -0.395. The van der Waals surface area contributed by atoms with E-state index in [-0.39, 0.29) is 33.0 Å². The first-order chi connectivity index (χ1) is 18.9. The monoisotopic (exact) mass is 568 g/mol. The largest absolute Gasteiger partial charge is 0.481 e. The van der Waals surface area contributed by atoms with Gasteiger partial charge in [0, 0.05) is 28.7 Å². The fraction of sp³-hybridized carbons (Fsp3) is 0.829. The number of hydrogen-bond acceptors (Lipinski definition) is 5. The number of allylic oxidation sites excluding steroid dienone is 3. The van der Waals surface area contributed by atoms with Crippen LogP contribution in [0.4, 0.5) is 0 Å². The minimum absolute atomic E-state index is 0.000216. The molecule has 2 heterocycles. The van der Waals surface area contributed by atoms with Gasteiger partial charge < -0.3 is 19.7 Å². The van der Waals surface area contributed by atoms with Crippen molar-refractivity contribution in [3.8, 4) is 0 Å². The van der Waals surface area contributed by atoms with Gasteiger partial charge in [-0.3, -0.25) is 4.79 Å². The molecule has 228 valence electrons. The van der Waals surface area contributed by atoms with Crippen LogP contribution in [0.5, 0.6) is 0 Å². The maximum absolute atomic E-state index is 13.4. The fourth-order valence-corrected chi connectivity index (χ4v) is 11.7. The highest BCUT2D eigenvalue weighted by Gasteiger charge is 2.75. The van der Waals surface area contributed by atoms with Gasteiger partial charge in [0.05, 0.1) is 6.61 Å². The molecule has 6 nitrogen and oxygen atoms in total. The number of esters is 1. The fourth-order valence-electron chi connectivity index (χ4n) is 11.7. The van der Waals surface area contributed by atoms with Crippen LogP contribution in [-0.2, 0) is 19.1 Å². The van der Waals surface area contributed by atoms with Crippen LogP contribution in [0.15, 0.2) is 23.3 Å². The summed E-state index contributed by atoms with van der Waals surface area (Å²) in [4.78, 5) is 26.4. The van der Waals surface area contributed by atoms with Crippen molar-refractivity contribution in [1.29, 1.82) is 0 Å². The normalized spacial score (nSPS) is 49.5. The van der Waals surface area contributed by atoms with Gasteiger partial charge in [0.1, 0.15) is 11.5 Å². The van der Waals surface area contributed by atoms with Gasteiger partial charge in [-0.15, -0.1) is 0 Å². The second-order valence-corrected chi connectivity index (χ2v) is 16.7. The van der Waals surface area contributed by atoms with E-state index in [1.54, 1.807) is 13.0 Å². The van der Waals surface area contributed by atoms with E-state index in [4.69, 9.17) is 9.47 Å². The Bertz CT molecular complexity index is 1220. The second kappa shape index (κ2) is 8.71. The number of carbonyl (C=O) groups is 2. The molecule has 7 aliphatic rings. The van der Waals surface area contributed by atoms with Crippen molar-refractivity contribution in [3.63, 3.8) is 0 Å². The number of carboxylic acids is 1. The first-order valence-corrected chi connectivity index (χ1v) is 16.1. The van der Waals surface area contributed by atoms with Crippen LogP contribution in [0.1, 0.15) is 113 Å². The van der Waals surface area contributed by atoms with Crippen molar-refractivity contribution in [2.45, 2.75) is 125 Å². The van der Waals surface area contributed by atoms with Crippen molar-refractivity contribution in [3.05, 3.63) is 23.3 Å². The molecule has 9 atom stereocenters. The van der Waals surface area contributed by atoms with Crippen LogP contribution in [0.25, 0.3) is 0 Å². The minimum atomic E-state index is -1.11. The topological polar surface area (TPSA) is 93.1 Å². The number of fused-ring (bicyclic) bond motifs is 7. The van der Waals surface area contributed by atoms with Crippen LogP contribution in [0, 0.1) is 50.2 Å². The van der Waals surface area contributed by atoms with Crippen molar-refractivity contribution in [1.82, 2.24) is 0 Å². The molecular formula is C35H52O6. The summed E-state index contributed by atoms with van der Waals surface area (Å²) in [6, 6.07) is 0. The molecule has 0 aromatic carbocycles. The summed E-state index contributed by atoms with van der Waals surface area (Å²) in [7, 11) is 0. The molecule has 6 heteroatoms. The maximum Gasteiger partial charge on any atom is 0.333 e. The molecule has 4 saturated carbocycles. The van der Waals surface area contributed by atoms with Gasteiger partial charge in [0.2, 0.25) is 0 Å². The first-order valence-electron chi connectivity index (χ1n) is 16.1. The highest BCUT2D eigenvalue weighted by Crippen LogP contribution is 2.78. The molecule has 0 aromatic rings. The number of carboxylic acid groups (broad SMARTS) is 1. The SMILES string of the molecule is CC=C(C)C(=O)OC1CC(C)(C)CC2C3=CCC4[C@]56CC[C@](O)(OC5)C(C)(C)C6CC[C@@]4(C)[C@]3(C)CC[C@@]12C(=O)O. The lowest BCUT2D eigenvalue weighted by Crippen LogP contribution is -2.73. The number of hydrogen-bond donors (Lipinski definition) is 2. The van der Waals surface area contributed by atoms with Crippen LogP contribution in [0.2, 0.25) is 0 Å². The van der Waals surface area contributed by atoms with E-state index in [1.165, 1.54) is 5.57 Å². The Balaban J connectivity index is 1.44. The van der Waals surface area contributed by atoms with E-state index in [2.05, 4.69) is 47.6 Å². The van der Waals surface area contributed by atoms with E-state index < -0.39 is 29.2 Å². The van der Waals surface area contributed by atoms with Crippen LogP contribution < -0.4 is 0 Å². The highest BCUT2D eigenvalue weighted by atomic mass is 16.6. The van der Waals surface area contributed by atoms with Gasteiger partial charge in [-0.1, -0.05) is 59.3 Å². The zero-order chi connectivity index (χ0) is 30.0. The smallest absolute Gasteiger partial charge is 0.333 e. The quantitative estimate of drug-likeness (QED) is 0.215. The summed E-state index contributed by atoms with van der Waals surface area (Å²) in [6.07, 6.45) is 10.9. The van der Waals surface area contributed by atoms with Crippen LogP contribution >= 0.6 is 0 Å². The third-order valence-electron chi connectivity index (χ3n) is 14.5. The molecule has 2 saturated heterocycles. The van der Waals surface area contributed by atoms with Crippen molar-refractivity contribution in [2.24, 2.45) is 50.2 Å². The Morgan fingerprint density at radius 1 is 1.00 bits per heavy atom. The molecule has 1 spiro atoms. The Morgan fingerprint density at radius 3 is 2.32 bits per heavy atom. The van der Waals surface area contributed by atoms with Gasteiger partial charge in [-0.2, -0.15) is 0 Å². The second-order valence-electron chi connectivity index (χ2n) is 16.7. The Hall–Kier alpha value is -1.66. The molecule has 2 N–H and O–H groups in total. The molecule has 5 aliphatic carbocycles. The average molecular weight is 569 g/mol. The van der Waals surface area contributed by atoms with Crippen molar-refractivity contribution in [2.75, 3.05) is 6.61 Å². The Labute approximate surface area is 246 Å². The summed E-state index contributed by atoms with van der Waals surface area (Å²) in [6.45, 7) is 17.9. The third kappa shape index (κ3) is 3.50. The van der Waals surface area contributed by atoms with Gasteiger partial charge >= 0.3 is 11.9 Å². The summed E-state index contributed by atoms with van der Waals surface area (Å²) < 4.78 is 12.5. The van der Waals surface area contributed by atoms with E-state index in [9.17, 15) is 19.8 Å². The number of rotatable bonds is 3. The molecule has 2 aliphatic heterocycles. The lowest BCUT2D eigenvalue weighted by atomic mass is 9.32. The molecule has 41 heavy (non-hydrogen) atoms. The summed E-state index contributed by atoms with van der Waals surface area (Å²) in [5.74, 6) is -1.60. The Kier molecular flexibility index (Phi) is 6.25. The molecule has 7 rings (SSSR count). The highest BCUT2D eigenvalue weighted by molar-refractivity contribution is 5.88. The van der Waals surface area contributed by atoms with Gasteiger partial charge in [0.25, 0.3) is 0 Å². The number of carbonyl (C=O) groups excluding carboxylic acids is 1. The Morgan fingerprint density at radius 2 is 1.71 bits per heavy atom. The van der Waals surface area contributed by atoms with E-state index in [0.717, 1.165) is 38.5 Å². The summed E-state index contributed by atoms with van der Waals surface area (Å²) in [5.41, 5.74) is 0.153. The van der Waals surface area contributed by atoms with Crippen molar-refractivity contribution >= 4 is 11.9 Å². The lowest BCUT2D eigenvalue weighted by Gasteiger charge is -2.74. The van der Waals surface area contributed by atoms with Crippen molar-refractivity contribution < 1.29 is 29.3 Å². The molecule has 6 fully saturated rings. The van der Waals surface area contributed by atoms with Crippen LogP contribution in [-0.4, -0.2) is 40.6 Å². The number of ether oxygens (including phenoxy) is 2. The predicted molar refractivity (Wildman–Crippen MR) is 157 cm³/mol. The van der Waals surface area contributed by atoms with Gasteiger partial charge in [0.15, 0.2) is 5.79 Å². The predicted octanol–water partition coefficient (Wildman–Crippen LogP) is 7.06. The van der Waals surface area contributed by atoms with Gasteiger partial charge in [-0.05, 0) is 93.3 Å². The average Bonchev–Trinajstić information content (AvgIpc) is 2.88. The van der Waals surface area contributed by atoms with E-state index in [0.29, 0.717) is 43.3 Å². The number of aliphatic hydroxyl groups is 1. The third-order valence-corrected chi connectivity index (χ3v) is 14.5. The van der Waals surface area contributed by atoms with E-state index >= 15 is 0 Å². The van der Waals surface area contributed by atoms with Gasteiger partial charge in [-0.25, -0.2) is 4.79 Å². The molecule has 2 bridgehead atoms. The standard InChI is InChI=1S/C35H52O6/c1-9-21(2)27(36)41-26-19-29(3,4)18-23-22-10-11-25-32(8,31(22,7)14-16-34(23,26)28(37)38)13-12-24-30(5,6)35(39)17-15-33(24,25)20-40-35/h9-10,23-26,39H,11-20H2,1-8H3,(H,37,38)/t23?,24?,25?,26?,31-,32-,33-,34+,35+/m1/s1. The zero-order valence-corrected chi connectivity index (χ0v) is 26.6. The van der Waals surface area contributed by atoms with Crippen LogP contribution in [0.3, 0.4) is 0 Å². The molecule has 0 radical (unpaired) electrons. The summed E-state index contributed by atoms with van der Waals surface area (Å²) >= 11 is 0. The maximum atomic E-state index is 13.4. The number of aliphatic carboxylic acids is 1. The summed E-state index contributed by atoms with van der Waals surface area (Å²) in [5, 5.41) is 22.4. The molecular weight excluding hydrogens is 516 g/mol. The minimum Gasteiger partial charge on any atom is -0.481 e. The zero-order valence-electron chi connectivity index (χ0n) is 26.6. The molecule has 0 aromatic heterocycles. The molecule has 4 unspecified atom stereocenters.